The lowest BCUT2D eigenvalue weighted by Gasteiger charge is -2.10. The maximum absolute atomic E-state index is 12.3. The Labute approximate surface area is 154 Å². The van der Waals surface area contributed by atoms with Crippen LogP contribution in [0, 0.1) is 0 Å². The molecule has 2 aromatic carbocycles. The Hall–Kier alpha value is -2.59. The number of hydrogen-bond acceptors (Lipinski definition) is 3. The van der Waals surface area contributed by atoms with Crippen molar-refractivity contribution in [3.05, 3.63) is 71.0 Å². The van der Waals surface area contributed by atoms with Gasteiger partial charge in [-0.25, -0.2) is 0 Å². The summed E-state index contributed by atoms with van der Waals surface area (Å²) in [6, 6.07) is 14.5. The van der Waals surface area contributed by atoms with E-state index in [-0.39, 0.29) is 5.91 Å². The molecule has 1 heterocycles. The topological polar surface area (TPSA) is 45.5 Å². The molecule has 4 heteroatoms. The fourth-order valence-corrected chi connectivity index (χ4v) is 3.05. The number of rotatable bonds is 7. The van der Waals surface area contributed by atoms with Gasteiger partial charge in [-0.2, -0.15) is 0 Å². The van der Waals surface area contributed by atoms with Crippen LogP contribution in [0.25, 0.3) is 11.0 Å². The van der Waals surface area contributed by atoms with E-state index in [4.69, 9.17) is 4.42 Å². The quantitative estimate of drug-likeness (QED) is 0.702. The molecule has 0 unspecified atom stereocenters. The SMILES string of the molecule is CCc1ccc2c(CC(=O)NCc3ccc(CN(C)C)cc3)coc2c1. The molecule has 136 valence electrons. The molecule has 3 rings (SSSR count). The summed E-state index contributed by atoms with van der Waals surface area (Å²) in [6.45, 7) is 3.57. The first-order valence-electron chi connectivity index (χ1n) is 9.03. The van der Waals surface area contributed by atoms with Crippen molar-refractivity contribution in [1.82, 2.24) is 10.2 Å². The highest BCUT2D eigenvalue weighted by atomic mass is 16.3. The Bertz CT molecular complexity index is 879. The van der Waals surface area contributed by atoms with Gasteiger partial charge in [0.25, 0.3) is 0 Å². The highest BCUT2D eigenvalue weighted by molar-refractivity contribution is 5.87. The van der Waals surface area contributed by atoms with Crippen molar-refractivity contribution in [2.75, 3.05) is 14.1 Å². The van der Waals surface area contributed by atoms with Crippen molar-refractivity contribution in [2.45, 2.75) is 32.9 Å². The van der Waals surface area contributed by atoms with Crippen LogP contribution < -0.4 is 5.32 Å². The molecule has 26 heavy (non-hydrogen) atoms. The number of benzene rings is 2. The van der Waals surface area contributed by atoms with Crippen molar-refractivity contribution in [2.24, 2.45) is 0 Å². The van der Waals surface area contributed by atoms with E-state index in [0.717, 1.165) is 35.1 Å². The summed E-state index contributed by atoms with van der Waals surface area (Å²) in [5, 5.41) is 4.01. The number of hydrogen-bond donors (Lipinski definition) is 1. The second-order valence-corrected chi connectivity index (χ2v) is 6.95. The molecule has 0 atom stereocenters. The van der Waals surface area contributed by atoms with Crippen LogP contribution in [0.3, 0.4) is 0 Å². The van der Waals surface area contributed by atoms with Gasteiger partial charge in [0.2, 0.25) is 5.91 Å². The summed E-state index contributed by atoms with van der Waals surface area (Å²) in [5.41, 5.74) is 5.39. The van der Waals surface area contributed by atoms with Crippen molar-refractivity contribution >= 4 is 16.9 Å². The summed E-state index contributed by atoms with van der Waals surface area (Å²) in [4.78, 5) is 14.4. The van der Waals surface area contributed by atoms with Gasteiger partial charge in [0.1, 0.15) is 5.58 Å². The zero-order chi connectivity index (χ0) is 18.5. The van der Waals surface area contributed by atoms with Gasteiger partial charge >= 0.3 is 0 Å². The number of amides is 1. The van der Waals surface area contributed by atoms with Crippen LogP contribution in [-0.4, -0.2) is 24.9 Å². The summed E-state index contributed by atoms with van der Waals surface area (Å²) >= 11 is 0. The lowest BCUT2D eigenvalue weighted by Crippen LogP contribution is -2.24. The summed E-state index contributed by atoms with van der Waals surface area (Å²) in [5.74, 6) is 0.00429. The third-order valence-electron chi connectivity index (χ3n) is 4.49. The van der Waals surface area contributed by atoms with Gasteiger partial charge in [-0.15, -0.1) is 0 Å². The highest BCUT2D eigenvalue weighted by Crippen LogP contribution is 2.23. The predicted octanol–water partition coefficient (Wildman–Crippen LogP) is 3.92. The summed E-state index contributed by atoms with van der Waals surface area (Å²) in [7, 11) is 4.10. The van der Waals surface area contributed by atoms with Crippen molar-refractivity contribution in [3.63, 3.8) is 0 Å². The normalized spacial score (nSPS) is 11.2. The van der Waals surface area contributed by atoms with Crippen LogP contribution in [-0.2, 0) is 30.7 Å². The first-order valence-corrected chi connectivity index (χ1v) is 9.03. The minimum Gasteiger partial charge on any atom is -0.464 e. The smallest absolute Gasteiger partial charge is 0.224 e. The van der Waals surface area contributed by atoms with Gasteiger partial charge in [-0.3, -0.25) is 4.79 Å². The van der Waals surface area contributed by atoms with Crippen LogP contribution in [0.4, 0.5) is 0 Å². The van der Waals surface area contributed by atoms with Crippen molar-refractivity contribution in [3.8, 4) is 0 Å². The third-order valence-corrected chi connectivity index (χ3v) is 4.49. The zero-order valence-corrected chi connectivity index (χ0v) is 15.7. The summed E-state index contributed by atoms with van der Waals surface area (Å²) in [6.07, 6.45) is 3.00. The van der Waals surface area contributed by atoms with Crippen LogP contribution in [0.1, 0.15) is 29.2 Å². The summed E-state index contributed by atoms with van der Waals surface area (Å²) < 4.78 is 5.62. The molecular formula is C22H26N2O2. The van der Waals surface area contributed by atoms with Crippen LogP contribution in [0.15, 0.2) is 53.1 Å². The predicted molar refractivity (Wildman–Crippen MR) is 105 cm³/mol. The average molecular weight is 350 g/mol. The van der Waals surface area contributed by atoms with Gasteiger partial charge in [0, 0.05) is 24.0 Å². The number of nitrogens with zero attached hydrogens (tertiary/aromatic N) is 1. The van der Waals surface area contributed by atoms with E-state index in [1.54, 1.807) is 6.26 Å². The first kappa shape index (κ1) is 18.2. The van der Waals surface area contributed by atoms with Gasteiger partial charge in [0.15, 0.2) is 0 Å². The maximum Gasteiger partial charge on any atom is 0.224 e. The molecule has 4 nitrogen and oxygen atoms in total. The Kier molecular flexibility index (Phi) is 5.74. The van der Waals surface area contributed by atoms with Crippen LogP contribution in [0.2, 0.25) is 0 Å². The van der Waals surface area contributed by atoms with E-state index >= 15 is 0 Å². The second kappa shape index (κ2) is 8.19. The molecule has 0 aliphatic heterocycles. The van der Waals surface area contributed by atoms with Gasteiger partial charge in [-0.1, -0.05) is 43.3 Å². The zero-order valence-electron chi connectivity index (χ0n) is 15.7. The van der Waals surface area contributed by atoms with Crippen molar-refractivity contribution in [1.29, 1.82) is 0 Å². The van der Waals surface area contributed by atoms with Crippen LogP contribution >= 0.6 is 0 Å². The number of fused-ring (bicyclic) bond motifs is 1. The Morgan fingerprint density at radius 2 is 1.73 bits per heavy atom. The fourth-order valence-electron chi connectivity index (χ4n) is 3.05. The Morgan fingerprint density at radius 1 is 1.04 bits per heavy atom. The average Bonchev–Trinajstić information content (AvgIpc) is 3.02. The molecule has 0 aliphatic carbocycles. The van der Waals surface area contributed by atoms with E-state index in [2.05, 4.69) is 61.6 Å². The molecule has 1 amide bonds. The molecule has 1 aromatic heterocycles. The molecule has 3 aromatic rings. The lowest BCUT2D eigenvalue weighted by atomic mass is 10.1. The van der Waals surface area contributed by atoms with Gasteiger partial charge in [-0.05, 0) is 43.3 Å². The Morgan fingerprint density at radius 3 is 2.42 bits per heavy atom. The molecule has 0 bridgehead atoms. The molecule has 0 radical (unpaired) electrons. The fraction of sp³-hybridized carbons (Fsp3) is 0.318. The molecule has 0 fully saturated rings. The molecule has 0 spiro atoms. The number of carbonyl (C=O) groups is 1. The largest absolute Gasteiger partial charge is 0.464 e. The minimum absolute atomic E-state index is 0.00429. The molecule has 0 saturated carbocycles. The van der Waals surface area contributed by atoms with E-state index in [1.807, 2.05) is 12.1 Å². The van der Waals surface area contributed by atoms with E-state index in [9.17, 15) is 4.79 Å². The number of carbonyl (C=O) groups excluding carboxylic acids is 1. The molecular weight excluding hydrogens is 324 g/mol. The van der Waals surface area contributed by atoms with E-state index in [1.165, 1.54) is 11.1 Å². The first-order chi connectivity index (χ1) is 12.5. The third kappa shape index (κ3) is 4.52. The van der Waals surface area contributed by atoms with Gasteiger partial charge in [0.05, 0.1) is 12.7 Å². The van der Waals surface area contributed by atoms with Gasteiger partial charge < -0.3 is 14.6 Å². The van der Waals surface area contributed by atoms with E-state index in [0.29, 0.717) is 13.0 Å². The number of aryl methyl sites for hydroxylation is 1. The second-order valence-electron chi connectivity index (χ2n) is 6.95. The highest BCUT2D eigenvalue weighted by Gasteiger charge is 2.11. The number of furan rings is 1. The molecule has 0 saturated heterocycles. The molecule has 0 aliphatic rings. The molecule has 1 N–H and O–H groups in total. The standard InChI is InChI=1S/C22H26N2O2/c1-4-16-9-10-20-19(15-26-21(20)11-16)12-22(25)23-13-17-5-7-18(8-6-17)14-24(2)3/h5-11,15H,4,12-14H2,1-3H3,(H,23,25). The maximum atomic E-state index is 12.3. The Balaban J connectivity index is 1.57. The lowest BCUT2D eigenvalue weighted by molar-refractivity contribution is -0.120. The monoisotopic (exact) mass is 350 g/mol. The van der Waals surface area contributed by atoms with E-state index < -0.39 is 0 Å². The van der Waals surface area contributed by atoms with Crippen molar-refractivity contribution < 1.29 is 9.21 Å². The minimum atomic E-state index is 0.00429. The number of nitrogens with one attached hydrogen (secondary N) is 1. The van der Waals surface area contributed by atoms with Crippen LogP contribution in [0.5, 0.6) is 0 Å².